The molecular weight excluding hydrogens is 336 g/mol. The van der Waals surface area contributed by atoms with Crippen molar-refractivity contribution in [2.24, 2.45) is 17.8 Å². The molecule has 1 amide bonds. The number of carbonyl (C=O) groups excluding carboxylic acids is 1. The van der Waals surface area contributed by atoms with Crippen molar-refractivity contribution in [2.75, 3.05) is 38.5 Å². The zero-order chi connectivity index (χ0) is 18.0. The number of rotatable bonds is 6. The highest BCUT2D eigenvalue weighted by Gasteiger charge is 2.40. The standard InChI is InChI=1S/C19H34N2O3S/c1-3-20(14-17-11-15(2)12-17)13-16-6-8-21(9-7-16)19(22)18-5-4-10-25(18,23)24/h15-18H,3-14H2,1-2H3. The van der Waals surface area contributed by atoms with Gasteiger partial charge in [0.2, 0.25) is 5.91 Å². The van der Waals surface area contributed by atoms with Crippen LogP contribution in [-0.2, 0) is 14.6 Å². The summed E-state index contributed by atoms with van der Waals surface area (Å²) in [5, 5.41) is -0.753. The lowest BCUT2D eigenvalue weighted by atomic mass is 9.76. The van der Waals surface area contributed by atoms with Crippen LogP contribution in [0.15, 0.2) is 0 Å². The van der Waals surface area contributed by atoms with Crippen molar-refractivity contribution < 1.29 is 13.2 Å². The van der Waals surface area contributed by atoms with Crippen molar-refractivity contribution in [2.45, 2.75) is 57.6 Å². The summed E-state index contributed by atoms with van der Waals surface area (Å²) in [7, 11) is -3.19. The molecule has 3 rings (SSSR count). The Hall–Kier alpha value is -0.620. The van der Waals surface area contributed by atoms with Crippen LogP contribution in [0.4, 0.5) is 0 Å². The van der Waals surface area contributed by atoms with Crippen LogP contribution in [0.1, 0.15) is 52.4 Å². The van der Waals surface area contributed by atoms with Gasteiger partial charge in [0.05, 0.1) is 5.75 Å². The molecule has 0 bridgehead atoms. The second-order valence-corrected chi connectivity index (χ2v) is 10.9. The quantitative estimate of drug-likeness (QED) is 0.719. The molecule has 25 heavy (non-hydrogen) atoms. The largest absolute Gasteiger partial charge is 0.342 e. The van der Waals surface area contributed by atoms with E-state index in [-0.39, 0.29) is 11.7 Å². The first kappa shape index (κ1) is 19.2. The lowest BCUT2D eigenvalue weighted by molar-refractivity contribution is -0.132. The molecule has 0 N–H and O–H groups in total. The summed E-state index contributed by atoms with van der Waals surface area (Å²) in [4.78, 5) is 17.0. The topological polar surface area (TPSA) is 57.7 Å². The van der Waals surface area contributed by atoms with E-state index < -0.39 is 15.1 Å². The molecule has 144 valence electrons. The number of likely N-dealkylation sites (tertiary alicyclic amines) is 1. The number of hydrogen-bond acceptors (Lipinski definition) is 4. The molecule has 2 heterocycles. The van der Waals surface area contributed by atoms with Gasteiger partial charge in [-0.15, -0.1) is 0 Å². The van der Waals surface area contributed by atoms with Crippen molar-refractivity contribution >= 4 is 15.7 Å². The van der Waals surface area contributed by atoms with E-state index in [0.717, 1.165) is 50.9 Å². The maximum Gasteiger partial charge on any atom is 0.240 e. The molecule has 0 aromatic heterocycles. The second-order valence-electron chi connectivity index (χ2n) is 8.56. The van der Waals surface area contributed by atoms with Crippen LogP contribution < -0.4 is 0 Å². The molecule has 5 nitrogen and oxygen atoms in total. The fourth-order valence-corrected chi connectivity index (χ4v) is 6.73. The third-order valence-electron chi connectivity index (χ3n) is 6.48. The van der Waals surface area contributed by atoms with Gasteiger partial charge in [-0.2, -0.15) is 0 Å². The third-order valence-corrected chi connectivity index (χ3v) is 8.64. The van der Waals surface area contributed by atoms with Crippen molar-refractivity contribution in [3.63, 3.8) is 0 Å². The first-order valence-corrected chi connectivity index (χ1v) is 11.8. The molecule has 1 unspecified atom stereocenters. The molecule has 1 aliphatic carbocycles. The van der Waals surface area contributed by atoms with Crippen LogP contribution in [0.5, 0.6) is 0 Å². The van der Waals surface area contributed by atoms with E-state index in [1.807, 2.05) is 4.90 Å². The van der Waals surface area contributed by atoms with Crippen LogP contribution >= 0.6 is 0 Å². The average molecular weight is 371 g/mol. The zero-order valence-electron chi connectivity index (χ0n) is 15.8. The summed E-state index contributed by atoms with van der Waals surface area (Å²) in [6.45, 7) is 9.49. The van der Waals surface area contributed by atoms with E-state index in [9.17, 15) is 13.2 Å². The van der Waals surface area contributed by atoms with E-state index in [1.165, 1.54) is 19.4 Å². The van der Waals surface area contributed by atoms with Gasteiger partial charge in [0.15, 0.2) is 9.84 Å². The Labute approximate surface area is 153 Å². The number of hydrogen-bond donors (Lipinski definition) is 0. The minimum atomic E-state index is -3.19. The van der Waals surface area contributed by atoms with Gasteiger partial charge in [0.1, 0.15) is 5.25 Å². The van der Waals surface area contributed by atoms with Gasteiger partial charge < -0.3 is 9.80 Å². The number of amides is 1. The molecule has 0 spiro atoms. The molecule has 0 aromatic rings. The van der Waals surface area contributed by atoms with E-state index in [2.05, 4.69) is 18.7 Å². The smallest absolute Gasteiger partial charge is 0.240 e. The van der Waals surface area contributed by atoms with Gasteiger partial charge in [-0.1, -0.05) is 13.8 Å². The van der Waals surface area contributed by atoms with Gasteiger partial charge in [-0.3, -0.25) is 4.79 Å². The Morgan fingerprint density at radius 2 is 1.72 bits per heavy atom. The molecule has 1 saturated carbocycles. The third kappa shape index (κ3) is 4.57. The van der Waals surface area contributed by atoms with E-state index in [4.69, 9.17) is 0 Å². The van der Waals surface area contributed by atoms with Gasteiger partial charge in [-0.25, -0.2) is 8.42 Å². The summed E-state index contributed by atoms with van der Waals surface area (Å²) < 4.78 is 24.0. The SMILES string of the molecule is CCN(CC1CCN(C(=O)C2CCCS2(=O)=O)CC1)CC1CC(C)C1. The molecule has 2 saturated heterocycles. The highest BCUT2D eigenvalue weighted by Crippen LogP contribution is 2.34. The van der Waals surface area contributed by atoms with Gasteiger partial charge >= 0.3 is 0 Å². The summed E-state index contributed by atoms with van der Waals surface area (Å²) in [5.74, 6) is 2.48. The molecule has 6 heteroatoms. The van der Waals surface area contributed by atoms with Crippen LogP contribution in [0.25, 0.3) is 0 Å². The van der Waals surface area contributed by atoms with Gasteiger partial charge in [-0.05, 0) is 62.8 Å². The minimum Gasteiger partial charge on any atom is -0.342 e. The van der Waals surface area contributed by atoms with Crippen LogP contribution in [0.2, 0.25) is 0 Å². The average Bonchev–Trinajstić information content (AvgIpc) is 2.91. The first-order chi connectivity index (χ1) is 11.9. The maximum atomic E-state index is 12.6. The summed E-state index contributed by atoms with van der Waals surface area (Å²) in [6.07, 6.45) is 5.93. The van der Waals surface area contributed by atoms with Crippen LogP contribution in [0.3, 0.4) is 0 Å². The lowest BCUT2D eigenvalue weighted by Crippen LogP contribution is -2.47. The zero-order valence-corrected chi connectivity index (χ0v) is 16.6. The predicted molar refractivity (Wildman–Crippen MR) is 100 cm³/mol. The first-order valence-electron chi connectivity index (χ1n) is 10.1. The van der Waals surface area contributed by atoms with Crippen molar-refractivity contribution in [1.82, 2.24) is 9.80 Å². The molecule has 3 aliphatic rings. The summed E-state index contributed by atoms with van der Waals surface area (Å²) in [6, 6.07) is 0. The fourth-order valence-electron chi connectivity index (χ4n) is 4.89. The lowest BCUT2D eigenvalue weighted by Gasteiger charge is -2.39. The molecule has 0 aromatic carbocycles. The van der Waals surface area contributed by atoms with E-state index >= 15 is 0 Å². The number of carbonyl (C=O) groups is 1. The maximum absolute atomic E-state index is 12.6. The minimum absolute atomic E-state index is 0.133. The number of piperidine rings is 1. The molecule has 0 radical (unpaired) electrons. The number of nitrogens with zero attached hydrogens (tertiary/aromatic N) is 2. The van der Waals surface area contributed by atoms with Crippen LogP contribution in [-0.4, -0.2) is 67.9 Å². The number of sulfone groups is 1. The Morgan fingerprint density at radius 3 is 2.24 bits per heavy atom. The molecule has 3 fully saturated rings. The molecule has 1 atom stereocenters. The predicted octanol–water partition coefficient (Wildman–Crippen LogP) is 2.17. The van der Waals surface area contributed by atoms with E-state index in [1.54, 1.807) is 0 Å². The van der Waals surface area contributed by atoms with Crippen molar-refractivity contribution in [3.8, 4) is 0 Å². The Morgan fingerprint density at radius 1 is 1.08 bits per heavy atom. The molecular formula is C19H34N2O3S. The summed E-state index contributed by atoms with van der Waals surface area (Å²) >= 11 is 0. The van der Waals surface area contributed by atoms with Crippen LogP contribution in [0, 0.1) is 17.8 Å². The molecule has 2 aliphatic heterocycles. The van der Waals surface area contributed by atoms with Crippen molar-refractivity contribution in [1.29, 1.82) is 0 Å². The second kappa shape index (κ2) is 7.95. The van der Waals surface area contributed by atoms with E-state index in [0.29, 0.717) is 18.8 Å². The normalized spacial score (nSPS) is 32.8. The highest BCUT2D eigenvalue weighted by atomic mass is 32.2. The summed E-state index contributed by atoms with van der Waals surface area (Å²) in [5.41, 5.74) is 0. The monoisotopic (exact) mass is 370 g/mol. The van der Waals surface area contributed by atoms with Gasteiger partial charge in [0.25, 0.3) is 0 Å². The highest BCUT2D eigenvalue weighted by molar-refractivity contribution is 7.93. The Balaban J connectivity index is 1.44. The van der Waals surface area contributed by atoms with Gasteiger partial charge in [0, 0.05) is 26.2 Å². The van der Waals surface area contributed by atoms with Crippen molar-refractivity contribution in [3.05, 3.63) is 0 Å². The Kier molecular flexibility index (Phi) is 6.09. The Bertz CT molecular complexity index is 563. The fraction of sp³-hybridized carbons (Fsp3) is 0.947.